The van der Waals surface area contributed by atoms with Crippen molar-refractivity contribution in [3.05, 3.63) is 54.5 Å². The number of para-hydroxylation sites is 1. The van der Waals surface area contributed by atoms with Crippen LogP contribution in [0.15, 0.2) is 58.1 Å². The van der Waals surface area contributed by atoms with Crippen molar-refractivity contribution in [2.75, 3.05) is 31.6 Å². The van der Waals surface area contributed by atoms with Crippen LogP contribution in [0.2, 0.25) is 0 Å². The van der Waals surface area contributed by atoms with Crippen LogP contribution >= 0.6 is 0 Å². The fourth-order valence-corrected chi connectivity index (χ4v) is 3.07. The molecule has 1 saturated heterocycles. The first kappa shape index (κ1) is 16.4. The summed E-state index contributed by atoms with van der Waals surface area (Å²) >= 11 is 0. The molecule has 1 fully saturated rings. The number of rotatable bonds is 5. The maximum Gasteiger partial charge on any atom is 0.191 e. The van der Waals surface area contributed by atoms with E-state index in [-0.39, 0.29) is 0 Å². The minimum Gasteiger partial charge on any atom is -0.469 e. The first-order valence-corrected chi connectivity index (χ1v) is 8.65. The Balaban J connectivity index is 1.41. The summed E-state index contributed by atoms with van der Waals surface area (Å²) in [5, 5.41) is 6.90. The molecule has 2 heterocycles. The van der Waals surface area contributed by atoms with Crippen LogP contribution in [0.4, 0.5) is 5.69 Å². The van der Waals surface area contributed by atoms with Gasteiger partial charge in [-0.2, -0.15) is 0 Å². The third-order valence-corrected chi connectivity index (χ3v) is 4.42. The average molecular weight is 326 g/mol. The van der Waals surface area contributed by atoms with Gasteiger partial charge in [0.25, 0.3) is 0 Å². The Bertz CT molecular complexity index is 616. The van der Waals surface area contributed by atoms with Crippen molar-refractivity contribution < 1.29 is 4.42 Å². The highest BCUT2D eigenvalue weighted by Gasteiger charge is 2.20. The second-order valence-electron chi connectivity index (χ2n) is 6.07. The normalized spacial score (nSPS) is 16.2. The Morgan fingerprint density at radius 3 is 2.62 bits per heavy atom. The number of aliphatic imine (C=N–C) groups is 1. The van der Waals surface area contributed by atoms with Gasteiger partial charge in [0.15, 0.2) is 5.96 Å². The quantitative estimate of drug-likeness (QED) is 0.655. The molecule has 0 saturated carbocycles. The third-order valence-electron chi connectivity index (χ3n) is 4.42. The molecule has 3 rings (SSSR count). The molecule has 1 aliphatic rings. The zero-order valence-electron chi connectivity index (χ0n) is 14.2. The maximum atomic E-state index is 5.35. The summed E-state index contributed by atoms with van der Waals surface area (Å²) in [5.74, 6) is 1.87. The van der Waals surface area contributed by atoms with Crippen molar-refractivity contribution in [2.45, 2.75) is 25.3 Å². The second-order valence-corrected chi connectivity index (χ2v) is 6.07. The molecule has 2 aromatic rings. The number of hydrogen-bond acceptors (Lipinski definition) is 3. The fourth-order valence-electron chi connectivity index (χ4n) is 3.07. The standard InChI is InChI=1S/C19H26N4O/c1-20-19(21-12-9-18-8-5-15-24-18)22-16-10-13-23(14-11-16)17-6-3-2-4-7-17/h2-8,15-16H,9-14H2,1H3,(H2,20,21,22). The Kier molecular flexibility index (Phi) is 5.77. The van der Waals surface area contributed by atoms with E-state index in [1.54, 1.807) is 6.26 Å². The number of benzene rings is 1. The van der Waals surface area contributed by atoms with Crippen molar-refractivity contribution in [1.82, 2.24) is 10.6 Å². The van der Waals surface area contributed by atoms with Crippen LogP contribution < -0.4 is 15.5 Å². The molecule has 128 valence electrons. The third kappa shape index (κ3) is 4.54. The van der Waals surface area contributed by atoms with Gasteiger partial charge in [0.1, 0.15) is 5.76 Å². The minimum atomic E-state index is 0.472. The van der Waals surface area contributed by atoms with Crippen molar-refractivity contribution in [2.24, 2.45) is 4.99 Å². The predicted molar refractivity (Wildman–Crippen MR) is 98.6 cm³/mol. The van der Waals surface area contributed by atoms with Crippen LogP contribution in [0.3, 0.4) is 0 Å². The first-order valence-electron chi connectivity index (χ1n) is 8.65. The Labute approximate surface area is 143 Å². The van der Waals surface area contributed by atoms with Gasteiger partial charge in [-0.05, 0) is 37.1 Å². The summed E-state index contributed by atoms with van der Waals surface area (Å²) in [5.41, 5.74) is 1.32. The fraction of sp³-hybridized carbons (Fsp3) is 0.421. The van der Waals surface area contributed by atoms with E-state index in [4.69, 9.17) is 4.42 Å². The van der Waals surface area contributed by atoms with E-state index in [1.165, 1.54) is 5.69 Å². The van der Waals surface area contributed by atoms with Crippen molar-refractivity contribution >= 4 is 11.6 Å². The molecule has 1 aromatic heterocycles. The van der Waals surface area contributed by atoms with Crippen LogP contribution in [0.1, 0.15) is 18.6 Å². The lowest BCUT2D eigenvalue weighted by Crippen LogP contribution is -2.49. The molecule has 1 aliphatic heterocycles. The molecule has 0 atom stereocenters. The lowest BCUT2D eigenvalue weighted by Gasteiger charge is -2.34. The van der Waals surface area contributed by atoms with Gasteiger partial charge in [-0.25, -0.2) is 0 Å². The van der Waals surface area contributed by atoms with E-state index < -0.39 is 0 Å². The van der Waals surface area contributed by atoms with Gasteiger partial charge in [0.2, 0.25) is 0 Å². The smallest absolute Gasteiger partial charge is 0.191 e. The van der Waals surface area contributed by atoms with Crippen LogP contribution in [0.25, 0.3) is 0 Å². The van der Waals surface area contributed by atoms with Crippen LogP contribution in [0.5, 0.6) is 0 Å². The topological polar surface area (TPSA) is 52.8 Å². The van der Waals surface area contributed by atoms with Gasteiger partial charge in [0.05, 0.1) is 6.26 Å². The van der Waals surface area contributed by atoms with Gasteiger partial charge in [-0.15, -0.1) is 0 Å². The molecule has 0 aliphatic carbocycles. The van der Waals surface area contributed by atoms with Crippen LogP contribution in [-0.2, 0) is 6.42 Å². The number of anilines is 1. The van der Waals surface area contributed by atoms with Gasteiger partial charge in [0, 0.05) is 44.8 Å². The van der Waals surface area contributed by atoms with Gasteiger partial charge in [-0.3, -0.25) is 4.99 Å². The molecule has 5 heteroatoms. The average Bonchev–Trinajstić information content (AvgIpc) is 3.15. The first-order chi connectivity index (χ1) is 11.8. The zero-order chi connectivity index (χ0) is 16.6. The summed E-state index contributed by atoms with van der Waals surface area (Å²) < 4.78 is 5.35. The number of furan rings is 1. The minimum absolute atomic E-state index is 0.472. The van der Waals surface area contributed by atoms with Crippen molar-refractivity contribution in [1.29, 1.82) is 0 Å². The molecule has 24 heavy (non-hydrogen) atoms. The molecular weight excluding hydrogens is 300 g/mol. The SMILES string of the molecule is CN=C(NCCc1ccco1)NC1CCN(c2ccccc2)CC1. The Morgan fingerprint density at radius 1 is 1.17 bits per heavy atom. The summed E-state index contributed by atoms with van der Waals surface area (Å²) in [7, 11) is 1.82. The van der Waals surface area contributed by atoms with E-state index >= 15 is 0 Å². The molecular formula is C19H26N4O. The van der Waals surface area contributed by atoms with E-state index in [0.29, 0.717) is 6.04 Å². The molecule has 2 N–H and O–H groups in total. The highest BCUT2D eigenvalue weighted by Crippen LogP contribution is 2.19. The lowest BCUT2D eigenvalue weighted by molar-refractivity contribution is 0.460. The molecule has 0 amide bonds. The summed E-state index contributed by atoms with van der Waals surface area (Å²) in [6.45, 7) is 2.96. The van der Waals surface area contributed by atoms with Gasteiger partial charge >= 0.3 is 0 Å². The van der Waals surface area contributed by atoms with E-state index in [0.717, 1.165) is 50.6 Å². The summed E-state index contributed by atoms with van der Waals surface area (Å²) in [6, 6.07) is 15.0. The molecule has 0 unspecified atom stereocenters. The number of nitrogens with zero attached hydrogens (tertiary/aromatic N) is 2. The van der Waals surface area contributed by atoms with Gasteiger partial charge < -0.3 is 20.0 Å². The second kappa shape index (κ2) is 8.43. The Hall–Kier alpha value is -2.43. The van der Waals surface area contributed by atoms with Crippen LogP contribution in [-0.4, -0.2) is 38.7 Å². The molecule has 0 bridgehead atoms. The van der Waals surface area contributed by atoms with Crippen LogP contribution in [0, 0.1) is 0 Å². The summed E-state index contributed by atoms with van der Waals surface area (Å²) in [6.07, 6.45) is 4.81. The van der Waals surface area contributed by atoms with Crippen molar-refractivity contribution in [3.63, 3.8) is 0 Å². The number of guanidine groups is 1. The van der Waals surface area contributed by atoms with E-state index in [2.05, 4.69) is 50.9 Å². The largest absolute Gasteiger partial charge is 0.469 e. The number of hydrogen-bond donors (Lipinski definition) is 2. The zero-order valence-corrected chi connectivity index (χ0v) is 14.2. The monoisotopic (exact) mass is 326 g/mol. The highest BCUT2D eigenvalue weighted by atomic mass is 16.3. The molecule has 1 aromatic carbocycles. The number of piperidine rings is 1. The van der Waals surface area contributed by atoms with E-state index in [9.17, 15) is 0 Å². The molecule has 5 nitrogen and oxygen atoms in total. The number of nitrogens with one attached hydrogen (secondary N) is 2. The predicted octanol–water partition coefficient (Wildman–Crippen LogP) is 2.66. The van der Waals surface area contributed by atoms with E-state index in [1.807, 2.05) is 19.2 Å². The maximum absolute atomic E-state index is 5.35. The van der Waals surface area contributed by atoms with Crippen molar-refractivity contribution in [3.8, 4) is 0 Å². The highest BCUT2D eigenvalue weighted by molar-refractivity contribution is 5.80. The lowest BCUT2D eigenvalue weighted by atomic mass is 10.0. The Morgan fingerprint density at radius 2 is 1.96 bits per heavy atom. The molecule has 0 spiro atoms. The molecule has 0 radical (unpaired) electrons. The van der Waals surface area contributed by atoms with Gasteiger partial charge in [-0.1, -0.05) is 18.2 Å². The summed E-state index contributed by atoms with van der Waals surface area (Å²) in [4.78, 5) is 6.78.